The van der Waals surface area contributed by atoms with Gasteiger partial charge < -0.3 is 9.47 Å². The van der Waals surface area contributed by atoms with Crippen molar-refractivity contribution in [3.63, 3.8) is 0 Å². The van der Waals surface area contributed by atoms with E-state index in [2.05, 4.69) is 13.8 Å². The number of hydrogen-bond acceptors (Lipinski definition) is 6. The first-order valence-corrected chi connectivity index (χ1v) is 19.7. The quantitative estimate of drug-likeness (QED) is 0.0299. The van der Waals surface area contributed by atoms with Crippen LogP contribution in [0.25, 0.3) is 0 Å². The number of unbranched alkanes of at least 4 members (excludes halogenated alkanes) is 28. The number of ether oxygens (including phenoxy) is 2. The molecule has 268 valence electrons. The SMILES string of the molecule is CCCCCCCCCCCCCCCCCC(=O)OC(=O)/C=C/C(=O)OC(=O)CCCCCCCCCCCCCCCCC. The van der Waals surface area contributed by atoms with Crippen molar-refractivity contribution in [1.82, 2.24) is 0 Å². The van der Waals surface area contributed by atoms with Crippen molar-refractivity contribution in [2.45, 2.75) is 219 Å². The third-order valence-corrected chi connectivity index (χ3v) is 8.75. The van der Waals surface area contributed by atoms with Crippen LogP contribution < -0.4 is 0 Å². The van der Waals surface area contributed by atoms with Crippen molar-refractivity contribution in [1.29, 1.82) is 0 Å². The van der Waals surface area contributed by atoms with Gasteiger partial charge in [-0.1, -0.05) is 194 Å². The molecule has 0 amide bonds. The van der Waals surface area contributed by atoms with Crippen LogP contribution >= 0.6 is 0 Å². The summed E-state index contributed by atoms with van der Waals surface area (Å²) in [4.78, 5) is 47.4. The summed E-state index contributed by atoms with van der Waals surface area (Å²) in [6.07, 6.45) is 39.3. The molecular formula is C40H72O6. The van der Waals surface area contributed by atoms with E-state index in [0.717, 1.165) is 37.8 Å². The Morgan fingerprint density at radius 3 is 0.739 bits per heavy atom. The van der Waals surface area contributed by atoms with Gasteiger partial charge in [-0.05, 0) is 12.8 Å². The van der Waals surface area contributed by atoms with Crippen LogP contribution in [0, 0.1) is 0 Å². The maximum Gasteiger partial charge on any atom is 0.338 e. The summed E-state index contributed by atoms with van der Waals surface area (Å²) in [5.41, 5.74) is 0. The van der Waals surface area contributed by atoms with Gasteiger partial charge in [0, 0.05) is 25.0 Å². The van der Waals surface area contributed by atoms with E-state index in [0.29, 0.717) is 12.8 Å². The predicted octanol–water partition coefficient (Wildman–Crippen LogP) is 12.2. The highest BCUT2D eigenvalue weighted by molar-refractivity contribution is 5.98. The van der Waals surface area contributed by atoms with Crippen LogP contribution in [0.15, 0.2) is 12.2 Å². The topological polar surface area (TPSA) is 86.7 Å². The van der Waals surface area contributed by atoms with E-state index >= 15 is 0 Å². The molecule has 0 saturated carbocycles. The summed E-state index contributed by atoms with van der Waals surface area (Å²) in [6, 6.07) is 0. The van der Waals surface area contributed by atoms with Crippen molar-refractivity contribution in [2.24, 2.45) is 0 Å². The minimum atomic E-state index is -0.919. The van der Waals surface area contributed by atoms with Gasteiger partial charge in [0.25, 0.3) is 0 Å². The van der Waals surface area contributed by atoms with Gasteiger partial charge in [0.1, 0.15) is 0 Å². The van der Waals surface area contributed by atoms with E-state index in [9.17, 15) is 19.2 Å². The molecule has 0 unspecified atom stereocenters. The molecule has 0 rings (SSSR count). The van der Waals surface area contributed by atoms with Crippen LogP contribution in [0.3, 0.4) is 0 Å². The first kappa shape index (κ1) is 44.0. The van der Waals surface area contributed by atoms with Crippen LogP contribution in [-0.4, -0.2) is 23.9 Å². The highest BCUT2D eigenvalue weighted by atomic mass is 16.6. The first-order valence-electron chi connectivity index (χ1n) is 19.7. The Balaban J connectivity index is 3.57. The normalized spacial score (nSPS) is 11.3. The molecule has 0 heterocycles. The van der Waals surface area contributed by atoms with Gasteiger partial charge in [0.2, 0.25) is 0 Å². The Labute approximate surface area is 283 Å². The average Bonchev–Trinajstić information content (AvgIpc) is 3.03. The monoisotopic (exact) mass is 649 g/mol. The van der Waals surface area contributed by atoms with Gasteiger partial charge in [-0.3, -0.25) is 9.59 Å². The van der Waals surface area contributed by atoms with Gasteiger partial charge in [0.05, 0.1) is 0 Å². The Morgan fingerprint density at radius 2 is 0.522 bits per heavy atom. The van der Waals surface area contributed by atoms with Gasteiger partial charge >= 0.3 is 23.9 Å². The van der Waals surface area contributed by atoms with Crippen molar-refractivity contribution in [3.8, 4) is 0 Å². The molecule has 0 aliphatic heterocycles. The van der Waals surface area contributed by atoms with E-state index in [1.165, 1.54) is 154 Å². The van der Waals surface area contributed by atoms with Gasteiger partial charge in [-0.2, -0.15) is 0 Å². The zero-order chi connectivity index (χ0) is 33.8. The molecule has 0 aromatic heterocycles. The number of carbonyl (C=O) groups is 4. The summed E-state index contributed by atoms with van der Waals surface area (Å²) in [7, 11) is 0. The maximum absolute atomic E-state index is 11.9. The molecule has 0 radical (unpaired) electrons. The molecule has 6 heteroatoms. The summed E-state index contributed by atoms with van der Waals surface area (Å²) in [6.45, 7) is 4.51. The molecule has 0 atom stereocenters. The first-order chi connectivity index (χ1) is 22.5. The van der Waals surface area contributed by atoms with Crippen LogP contribution in [-0.2, 0) is 28.7 Å². The fourth-order valence-electron chi connectivity index (χ4n) is 5.81. The largest absolute Gasteiger partial charge is 0.390 e. The fourth-order valence-corrected chi connectivity index (χ4v) is 5.81. The number of carbonyl (C=O) groups excluding carboxylic acids is 4. The molecule has 0 saturated heterocycles. The highest BCUT2D eigenvalue weighted by Gasteiger charge is 2.11. The molecule has 46 heavy (non-hydrogen) atoms. The van der Waals surface area contributed by atoms with Crippen molar-refractivity contribution < 1.29 is 28.7 Å². The zero-order valence-corrected chi connectivity index (χ0v) is 30.2. The minimum Gasteiger partial charge on any atom is -0.390 e. The van der Waals surface area contributed by atoms with E-state index in [1.807, 2.05) is 0 Å². The van der Waals surface area contributed by atoms with E-state index in [-0.39, 0.29) is 12.8 Å². The van der Waals surface area contributed by atoms with Crippen molar-refractivity contribution >= 4 is 23.9 Å². The molecule has 0 aliphatic carbocycles. The lowest BCUT2D eigenvalue weighted by Crippen LogP contribution is -2.12. The predicted molar refractivity (Wildman–Crippen MR) is 190 cm³/mol. The Bertz CT molecular complexity index is 697. The van der Waals surface area contributed by atoms with Crippen LogP contribution in [0.2, 0.25) is 0 Å². The maximum atomic E-state index is 11.9. The van der Waals surface area contributed by atoms with Crippen molar-refractivity contribution in [3.05, 3.63) is 12.2 Å². The third-order valence-electron chi connectivity index (χ3n) is 8.75. The van der Waals surface area contributed by atoms with E-state index in [4.69, 9.17) is 9.47 Å². The molecule has 0 spiro atoms. The molecule has 0 aliphatic rings. The number of hydrogen-bond donors (Lipinski definition) is 0. The molecular weight excluding hydrogens is 576 g/mol. The number of esters is 4. The van der Waals surface area contributed by atoms with Crippen LogP contribution in [0.4, 0.5) is 0 Å². The summed E-state index contributed by atoms with van der Waals surface area (Å²) >= 11 is 0. The standard InChI is InChI=1S/C40H72O6/c1-3-5-7-9-11-13-15-17-19-21-23-25-27-29-31-33-37(41)45-39(43)35-36-40(44)46-38(42)34-32-30-28-26-24-22-20-18-16-14-12-10-8-6-4-2/h35-36H,3-34H2,1-2H3/b36-35+. The highest BCUT2D eigenvalue weighted by Crippen LogP contribution is 2.15. The number of rotatable bonds is 34. The van der Waals surface area contributed by atoms with Crippen LogP contribution in [0.5, 0.6) is 0 Å². The Hall–Kier alpha value is -1.98. The van der Waals surface area contributed by atoms with Gasteiger partial charge in [0.15, 0.2) is 0 Å². The van der Waals surface area contributed by atoms with E-state index in [1.54, 1.807) is 0 Å². The molecule has 0 bridgehead atoms. The minimum absolute atomic E-state index is 0.181. The lowest BCUT2D eigenvalue weighted by molar-refractivity contribution is -0.159. The van der Waals surface area contributed by atoms with Crippen LogP contribution in [0.1, 0.15) is 219 Å². The van der Waals surface area contributed by atoms with Gasteiger partial charge in [-0.25, -0.2) is 9.59 Å². The summed E-state index contributed by atoms with van der Waals surface area (Å²) in [5, 5.41) is 0. The fraction of sp³-hybridized carbons (Fsp3) is 0.850. The lowest BCUT2D eigenvalue weighted by Gasteiger charge is -2.04. The second kappa shape index (κ2) is 35.9. The molecule has 0 fully saturated rings. The molecule has 0 aromatic rings. The second-order valence-corrected chi connectivity index (χ2v) is 13.3. The second-order valence-electron chi connectivity index (χ2n) is 13.3. The summed E-state index contributed by atoms with van der Waals surface area (Å²) < 4.78 is 9.46. The van der Waals surface area contributed by atoms with Gasteiger partial charge in [-0.15, -0.1) is 0 Å². The third kappa shape index (κ3) is 34.9. The molecule has 6 nitrogen and oxygen atoms in total. The lowest BCUT2D eigenvalue weighted by atomic mass is 10.0. The zero-order valence-electron chi connectivity index (χ0n) is 30.2. The average molecular weight is 649 g/mol. The smallest absolute Gasteiger partial charge is 0.338 e. The van der Waals surface area contributed by atoms with E-state index < -0.39 is 23.9 Å². The Kier molecular flexibility index (Phi) is 34.3. The molecule has 0 N–H and O–H groups in total. The molecule has 0 aromatic carbocycles. The Morgan fingerprint density at radius 1 is 0.326 bits per heavy atom. The summed E-state index contributed by atoms with van der Waals surface area (Å²) in [5.74, 6) is -3.03. The van der Waals surface area contributed by atoms with Crippen molar-refractivity contribution in [2.75, 3.05) is 0 Å².